The minimum atomic E-state index is -0.237. The van der Waals surface area contributed by atoms with Gasteiger partial charge < -0.3 is 0 Å². The molecule has 1 saturated carbocycles. The van der Waals surface area contributed by atoms with Crippen LogP contribution in [0.25, 0.3) is 0 Å². The first-order chi connectivity index (χ1) is 10.4. The van der Waals surface area contributed by atoms with E-state index in [1.54, 1.807) is 14.1 Å². The summed E-state index contributed by atoms with van der Waals surface area (Å²) in [6.07, 6.45) is 3.95. The highest BCUT2D eigenvalue weighted by Gasteiger charge is 2.48. The monoisotopic (exact) mass is 306 g/mol. The van der Waals surface area contributed by atoms with E-state index in [1.165, 1.54) is 9.80 Å². The smallest absolute Gasteiger partial charge is 0.232 e. The molecule has 3 rings (SSSR count). The summed E-state index contributed by atoms with van der Waals surface area (Å²) in [6.45, 7) is 0. The predicted molar refractivity (Wildman–Crippen MR) is 77.2 cm³/mol. The summed E-state index contributed by atoms with van der Waals surface area (Å²) >= 11 is 0. The topological polar surface area (TPSA) is 74.8 Å². The number of carbonyl (C=O) groups is 4. The van der Waals surface area contributed by atoms with Crippen molar-refractivity contribution in [1.82, 2.24) is 9.80 Å². The first-order valence-electron chi connectivity index (χ1n) is 8.06. The number of imide groups is 2. The standard InChI is InChI=1S/C16H22N2O4/c1-17-13(19)9-5-3-7-11-12(16(22)18(2)15(11)21)8-4-6-10(9)14(17)20/h9-12H,3-8H2,1-2H3. The Morgan fingerprint density at radius 2 is 0.818 bits per heavy atom. The van der Waals surface area contributed by atoms with Gasteiger partial charge in [0.05, 0.1) is 23.7 Å². The second-order valence-electron chi connectivity index (χ2n) is 6.76. The maximum Gasteiger partial charge on any atom is 0.232 e. The Kier molecular flexibility index (Phi) is 3.78. The lowest BCUT2D eigenvalue weighted by molar-refractivity contribution is -0.139. The summed E-state index contributed by atoms with van der Waals surface area (Å²) in [7, 11) is 3.10. The molecule has 0 aromatic rings. The van der Waals surface area contributed by atoms with Crippen molar-refractivity contribution < 1.29 is 19.2 Å². The Labute approximate surface area is 129 Å². The lowest BCUT2D eigenvalue weighted by atomic mass is 9.79. The molecule has 1 aliphatic carbocycles. The molecule has 0 spiro atoms. The number of hydrogen-bond acceptors (Lipinski definition) is 4. The van der Waals surface area contributed by atoms with Crippen LogP contribution in [0.15, 0.2) is 0 Å². The van der Waals surface area contributed by atoms with Crippen molar-refractivity contribution in [3.8, 4) is 0 Å². The van der Waals surface area contributed by atoms with E-state index in [0.29, 0.717) is 38.5 Å². The molecule has 3 aliphatic rings. The van der Waals surface area contributed by atoms with Crippen LogP contribution in [0.4, 0.5) is 0 Å². The average molecular weight is 306 g/mol. The van der Waals surface area contributed by atoms with Gasteiger partial charge in [-0.05, 0) is 25.7 Å². The largest absolute Gasteiger partial charge is 0.285 e. The Morgan fingerprint density at radius 1 is 0.591 bits per heavy atom. The molecule has 22 heavy (non-hydrogen) atoms. The number of carbonyl (C=O) groups excluding carboxylic acids is 4. The summed E-state index contributed by atoms with van der Waals surface area (Å²) in [5, 5.41) is 0. The molecule has 2 aliphatic heterocycles. The van der Waals surface area contributed by atoms with Crippen LogP contribution < -0.4 is 0 Å². The third-order valence-corrected chi connectivity index (χ3v) is 5.62. The van der Waals surface area contributed by atoms with Gasteiger partial charge in [-0.15, -0.1) is 0 Å². The number of rotatable bonds is 0. The Morgan fingerprint density at radius 3 is 1.05 bits per heavy atom. The molecule has 0 aromatic heterocycles. The normalized spacial score (nSPS) is 36.6. The van der Waals surface area contributed by atoms with Crippen molar-refractivity contribution in [3.05, 3.63) is 0 Å². The highest BCUT2D eigenvalue weighted by molar-refractivity contribution is 6.05. The molecular weight excluding hydrogens is 284 g/mol. The number of nitrogens with zero attached hydrogens (tertiary/aromatic N) is 2. The lowest BCUT2D eigenvalue weighted by Gasteiger charge is -2.21. The minimum absolute atomic E-state index is 0.0851. The summed E-state index contributed by atoms with van der Waals surface area (Å²) in [5.74, 6) is -1.29. The second-order valence-corrected chi connectivity index (χ2v) is 6.76. The number of hydrogen-bond donors (Lipinski definition) is 0. The quantitative estimate of drug-likeness (QED) is 0.621. The molecule has 0 aromatic carbocycles. The van der Waals surface area contributed by atoms with E-state index in [9.17, 15) is 19.2 Å². The van der Waals surface area contributed by atoms with Gasteiger partial charge in [0.2, 0.25) is 23.6 Å². The van der Waals surface area contributed by atoms with Gasteiger partial charge in [0.15, 0.2) is 0 Å². The molecule has 120 valence electrons. The third-order valence-electron chi connectivity index (χ3n) is 5.62. The molecular formula is C16H22N2O4. The first kappa shape index (κ1) is 15.2. The molecule has 0 N–H and O–H groups in total. The van der Waals surface area contributed by atoms with Gasteiger partial charge >= 0.3 is 0 Å². The van der Waals surface area contributed by atoms with E-state index in [-0.39, 0.29) is 47.3 Å². The van der Waals surface area contributed by atoms with Crippen LogP contribution in [0.1, 0.15) is 38.5 Å². The van der Waals surface area contributed by atoms with Crippen LogP contribution in [0.2, 0.25) is 0 Å². The van der Waals surface area contributed by atoms with E-state index in [4.69, 9.17) is 0 Å². The number of fused-ring (bicyclic) bond motifs is 2. The van der Waals surface area contributed by atoms with Gasteiger partial charge in [0, 0.05) is 14.1 Å². The molecule has 3 fully saturated rings. The fourth-order valence-electron chi connectivity index (χ4n) is 4.31. The van der Waals surface area contributed by atoms with Crippen LogP contribution in [-0.4, -0.2) is 47.5 Å². The fraction of sp³-hybridized carbons (Fsp3) is 0.750. The van der Waals surface area contributed by atoms with E-state index < -0.39 is 0 Å². The Hall–Kier alpha value is -1.72. The number of amides is 4. The maximum absolute atomic E-state index is 12.2. The predicted octanol–water partition coefficient (Wildman–Crippen LogP) is 0.803. The van der Waals surface area contributed by atoms with Crippen molar-refractivity contribution in [3.63, 3.8) is 0 Å². The minimum Gasteiger partial charge on any atom is -0.285 e. The van der Waals surface area contributed by atoms with Gasteiger partial charge in [-0.25, -0.2) is 0 Å². The average Bonchev–Trinajstić information content (AvgIpc) is 2.84. The van der Waals surface area contributed by atoms with Crippen LogP contribution in [-0.2, 0) is 19.2 Å². The van der Waals surface area contributed by atoms with Crippen LogP contribution >= 0.6 is 0 Å². The molecule has 2 saturated heterocycles. The zero-order valence-corrected chi connectivity index (χ0v) is 13.1. The van der Waals surface area contributed by atoms with Crippen LogP contribution in [0, 0.1) is 23.7 Å². The molecule has 4 unspecified atom stereocenters. The molecule has 6 nitrogen and oxygen atoms in total. The Bertz CT molecular complexity index is 452. The van der Waals surface area contributed by atoms with E-state index in [2.05, 4.69) is 0 Å². The molecule has 6 heteroatoms. The zero-order valence-electron chi connectivity index (χ0n) is 13.1. The number of likely N-dealkylation sites (tertiary alicyclic amines) is 2. The summed E-state index contributed by atoms with van der Waals surface area (Å²) < 4.78 is 0. The van der Waals surface area contributed by atoms with Crippen molar-refractivity contribution >= 4 is 23.6 Å². The fourth-order valence-corrected chi connectivity index (χ4v) is 4.31. The van der Waals surface area contributed by atoms with Crippen molar-refractivity contribution in [2.45, 2.75) is 38.5 Å². The van der Waals surface area contributed by atoms with Crippen LogP contribution in [0.3, 0.4) is 0 Å². The van der Waals surface area contributed by atoms with Crippen LogP contribution in [0.5, 0.6) is 0 Å². The molecule has 0 bridgehead atoms. The maximum atomic E-state index is 12.2. The summed E-state index contributed by atoms with van der Waals surface area (Å²) in [6, 6.07) is 0. The molecule has 0 radical (unpaired) electrons. The van der Waals surface area contributed by atoms with E-state index in [0.717, 1.165) is 0 Å². The first-order valence-corrected chi connectivity index (χ1v) is 8.06. The SMILES string of the molecule is CN1C(=O)C2CCCC3C(=O)N(C)C(=O)C3CCCC2C1=O. The highest BCUT2D eigenvalue weighted by Crippen LogP contribution is 2.39. The zero-order chi connectivity index (χ0) is 16.0. The summed E-state index contributed by atoms with van der Waals surface area (Å²) in [5.41, 5.74) is 0. The van der Waals surface area contributed by atoms with E-state index in [1.807, 2.05) is 0 Å². The van der Waals surface area contributed by atoms with Gasteiger partial charge in [0.25, 0.3) is 0 Å². The molecule has 4 atom stereocenters. The van der Waals surface area contributed by atoms with Crippen molar-refractivity contribution in [2.24, 2.45) is 23.7 Å². The lowest BCUT2D eigenvalue weighted by Crippen LogP contribution is -2.26. The van der Waals surface area contributed by atoms with Gasteiger partial charge in [0.1, 0.15) is 0 Å². The van der Waals surface area contributed by atoms with Crippen molar-refractivity contribution in [2.75, 3.05) is 14.1 Å². The third kappa shape index (κ3) is 2.16. The highest BCUT2D eigenvalue weighted by atomic mass is 16.2. The van der Waals surface area contributed by atoms with E-state index >= 15 is 0 Å². The molecule has 4 amide bonds. The summed E-state index contributed by atoms with van der Waals surface area (Å²) in [4.78, 5) is 51.2. The van der Waals surface area contributed by atoms with Gasteiger partial charge in [-0.3, -0.25) is 29.0 Å². The van der Waals surface area contributed by atoms with Gasteiger partial charge in [-0.2, -0.15) is 0 Å². The Balaban J connectivity index is 1.78. The second kappa shape index (κ2) is 5.48. The van der Waals surface area contributed by atoms with Gasteiger partial charge in [-0.1, -0.05) is 12.8 Å². The molecule has 2 heterocycles. The van der Waals surface area contributed by atoms with Crippen molar-refractivity contribution in [1.29, 1.82) is 0 Å².